The highest BCUT2D eigenvalue weighted by atomic mass is 32.2. The Morgan fingerprint density at radius 3 is 2.82 bits per heavy atom. The van der Waals surface area contributed by atoms with Gasteiger partial charge < -0.3 is 5.32 Å². The Morgan fingerprint density at radius 2 is 2.05 bits per heavy atom. The van der Waals surface area contributed by atoms with E-state index in [-0.39, 0.29) is 5.91 Å². The lowest BCUT2D eigenvalue weighted by Gasteiger charge is -2.06. The number of hydrogen-bond donors (Lipinski definition) is 1. The molecule has 0 bridgehead atoms. The van der Waals surface area contributed by atoms with Crippen LogP contribution >= 0.6 is 11.8 Å². The number of thioether (sulfide) groups is 1. The SMILES string of the molecule is CCSc1ccc(CC(=O)Nc2ccc3c(c2)=CCN=3)cc1. The number of rotatable bonds is 5. The standard InChI is InChI=1S/C18H18N2OS/c1-2-22-16-6-3-13(4-7-16)11-18(21)20-15-5-8-17-14(12-15)9-10-19-17/h3-9,12H,2,10-11H2,1H3,(H,20,21). The average molecular weight is 310 g/mol. The Morgan fingerprint density at radius 1 is 1.23 bits per heavy atom. The van der Waals surface area contributed by atoms with Crippen molar-refractivity contribution in [2.24, 2.45) is 4.99 Å². The highest BCUT2D eigenvalue weighted by Crippen LogP contribution is 2.18. The summed E-state index contributed by atoms with van der Waals surface area (Å²) in [7, 11) is 0. The van der Waals surface area contributed by atoms with Gasteiger partial charge in [-0.2, -0.15) is 0 Å². The topological polar surface area (TPSA) is 41.5 Å². The molecule has 1 aliphatic rings. The molecular weight excluding hydrogens is 292 g/mol. The third-order valence-corrected chi connectivity index (χ3v) is 4.38. The molecule has 2 aromatic rings. The summed E-state index contributed by atoms with van der Waals surface area (Å²) < 4.78 is 0. The van der Waals surface area contributed by atoms with Crippen LogP contribution in [0.4, 0.5) is 5.69 Å². The number of hydrogen-bond acceptors (Lipinski definition) is 3. The summed E-state index contributed by atoms with van der Waals surface area (Å²) in [5.74, 6) is 1.06. The number of nitrogens with one attached hydrogen (secondary N) is 1. The number of benzene rings is 2. The summed E-state index contributed by atoms with van der Waals surface area (Å²) >= 11 is 1.80. The predicted molar refractivity (Wildman–Crippen MR) is 91.7 cm³/mol. The fraction of sp³-hybridized carbons (Fsp3) is 0.222. The van der Waals surface area contributed by atoms with Crippen LogP contribution in [0.2, 0.25) is 0 Å². The van der Waals surface area contributed by atoms with E-state index >= 15 is 0 Å². The van der Waals surface area contributed by atoms with Gasteiger partial charge in [0, 0.05) is 10.6 Å². The molecule has 0 aliphatic carbocycles. The van der Waals surface area contributed by atoms with Crippen LogP contribution in [0.5, 0.6) is 0 Å². The highest BCUT2D eigenvalue weighted by molar-refractivity contribution is 7.99. The molecule has 112 valence electrons. The zero-order valence-corrected chi connectivity index (χ0v) is 13.3. The first kappa shape index (κ1) is 14.9. The molecule has 1 aliphatic heterocycles. The molecule has 1 N–H and O–H groups in total. The fourth-order valence-electron chi connectivity index (χ4n) is 2.44. The maximum absolute atomic E-state index is 12.1. The molecule has 0 saturated heterocycles. The van der Waals surface area contributed by atoms with Gasteiger partial charge in [0.25, 0.3) is 0 Å². The van der Waals surface area contributed by atoms with Crippen LogP contribution in [0.1, 0.15) is 12.5 Å². The van der Waals surface area contributed by atoms with E-state index in [2.05, 4.69) is 35.4 Å². The van der Waals surface area contributed by atoms with E-state index in [4.69, 9.17) is 0 Å². The van der Waals surface area contributed by atoms with Crippen molar-refractivity contribution in [3.63, 3.8) is 0 Å². The van der Waals surface area contributed by atoms with Gasteiger partial charge in [-0.05, 0) is 46.9 Å². The van der Waals surface area contributed by atoms with E-state index in [0.717, 1.165) is 34.1 Å². The van der Waals surface area contributed by atoms with Crippen molar-refractivity contribution in [3.8, 4) is 0 Å². The van der Waals surface area contributed by atoms with Gasteiger partial charge in [0.1, 0.15) is 0 Å². The number of anilines is 1. The summed E-state index contributed by atoms with van der Waals surface area (Å²) in [6.07, 6.45) is 2.46. The fourth-order valence-corrected chi connectivity index (χ4v) is 3.10. The highest BCUT2D eigenvalue weighted by Gasteiger charge is 2.05. The molecule has 4 heteroatoms. The summed E-state index contributed by atoms with van der Waals surface area (Å²) in [6.45, 7) is 2.86. The Labute approximate surface area is 134 Å². The van der Waals surface area contributed by atoms with Crippen molar-refractivity contribution < 1.29 is 4.79 Å². The number of amides is 1. The predicted octanol–water partition coefficient (Wildman–Crippen LogP) is 2.39. The average Bonchev–Trinajstić information content (AvgIpc) is 2.97. The van der Waals surface area contributed by atoms with Crippen molar-refractivity contribution in [3.05, 3.63) is 58.6 Å². The zero-order chi connectivity index (χ0) is 15.4. The third kappa shape index (κ3) is 3.57. The minimum atomic E-state index is 0.00535. The van der Waals surface area contributed by atoms with Crippen LogP contribution in [0.3, 0.4) is 0 Å². The van der Waals surface area contributed by atoms with E-state index < -0.39 is 0 Å². The van der Waals surface area contributed by atoms with Gasteiger partial charge in [-0.1, -0.05) is 25.1 Å². The Hall–Kier alpha value is -2.07. The summed E-state index contributed by atoms with van der Waals surface area (Å²) in [6, 6.07) is 14.0. The molecule has 0 radical (unpaired) electrons. The maximum atomic E-state index is 12.1. The van der Waals surface area contributed by atoms with Gasteiger partial charge >= 0.3 is 0 Å². The second kappa shape index (κ2) is 6.79. The lowest BCUT2D eigenvalue weighted by atomic mass is 10.1. The van der Waals surface area contributed by atoms with E-state index in [1.807, 2.05) is 30.3 Å². The molecule has 3 rings (SSSR count). The van der Waals surface area contributed by atoms with Gasteiger partial charge in [0.15, 0.2) is 0 Å². The van der Waals surface area contributed by atoms with Crippen LogP contribution < -0.4 is 15.9 Å². The molecule has 1 amide bonds. The van der Waals surface area contributed by atoms with Crippen LogP contribution in [0.25, 0.3) is 6.08 Å². The molecule has 0 spiro atoms. The normalized spacial score (nSPS) is 12.2. The van der Waals surface area contributed by atoms with E-state index in [1.54, 1.807) is 11.8 Å². The molecule has 22 heavy (non-hydrogen) atoms. The zero-order valence-electron chi connectivity index (χ0n) is 12.5. The van der Waals surface area contributed by atoms with Gasteiger partial charge in [-0.3, -0.25) is 9.79 Å². The number of nitrogens with zero attached hydrogens (tertiary/aromatic N) is 1. The molecular formula is C18H18N2OS. The smallest absolute Gasteiger partial charge is 0.228 e. The lowest BCUT2D eigenvalue weighted by molar-refractivity contribution is -0.115. The van der Waals surface area contributed by atoms with Crippen LogP contribution in [-0.4, -0.2) is 18.2 Å². The van der Waals surface area contributed by atoms with Crippen molar-refractivity contribution in [1.29, 1.82) is 0 Å². The van der Waals surface area contributed by atoms with Crippen molar-refractivity contribution in [2.75, 3.05) is 17.6 Å². The van der Waals surface area contributed by atoms with Crippen LogP contribution in [0, 0.1) is 0 Å². The van der Waals surface area contributed by atoms with Crippen molar-refractivity contribution in [2.45, 2.75) is 18.2 Å². The van der Waals surface area contributed by atoms with Crippen LogP contribution in [-0.2, 0) is 11.2 Å². The first-order chi connectivity index (χ1) is 10.7. The van der Waals surface area contributed by atoms with Gasteiger partial charge in [-0.25, -0.2) is 0 Å². The van der Waals surface area contributed by atoms with Crippen LogP contribution in [0.15, 0.2) is 52.4 Å². The Balaban J connectivity index is 1.64. The monoisotopic (exact) mass is 310 g/mol. The quantitative estimate of drug-likeness (QED) is 0.862. The Bertz CT molecular complexity index is 797. The largest absolute Gasteiger partial charge is 0.326 e. The summed E-state index contributed by atoms with van der Waals surface area (Å²) in [4.78, 5) is 17.7. The molecule has 0 atom stereocenters. The minimum Gasteiger partial charge on any atom is -0.326 e. The molecule has 2 aromatic carbocycles. The van der Waals surface area contributed by atoms with Crippen molar-refractivity contribution in [1.82, 2.24) is 0 Å². The Kier molecular flexibility index (Phi) is 4.59. The van der Waals surface area contributed by atoms with E-state index in [0.29, 0.717) is 6.42 Å². The van der Waals surface area contributed by atoms with Gasteiger partial charge in [-0.15, -0.1) is 11.8 Å². The lowest BCUT2D eigenvalue weighted by Crippen LogP contribution is -2.23. The minimum absolute atomic E-state index is 0.00535. The number of carbonyl (C=O) groups is 1. The first-order valence-corrected chi connectivity index (χ1v) is 8.39. The van der Waals surface area contributed by atoms with Crippen molar-refractivity contribution >= 4 is 29.4 Å². The molecule has 0 fully saturated rings. The molecule has 3 nitrogen and oxygen atoms in total. The molecule has 0 saturated carbocycles. The van der Waals surface area contributed by atoms with Gasteiger partial charge in [0.2, 0.25) is 5.91 Å². The van der Waals surface area contributed by atoms with E-state index in [1.165, 1.54) is 4.90 Å². The van der Waals surface area contributed by atoms with E-state index in [9.17, 15) is 4.79 Å². The molecule has 1 heterocycles. The third-order valence-electron chi connectivity index (χ3n) is 3.48. The second-order valence-corrected chi connectivity index (χ2v) is 6.46. The maximum Gasteiger partial charge on any atom is 0.228 e. The summed E-state index contributed by atoms with van der Waals surface area (Å²) in [5.41, 5.74) is 1.86. The summed E-state index contributed by atoms with van der Waals surface area (Å²) in [5, 5.41) is 5.05. The first-order valence-electron chi connectivity index (χ1n) is 7.41. The number of carbonyl (C=O) groups excluding carboxylic acids is 1. The molecule has 0 aromatic heterocycles. The van der Waals surface area contributed by atoms with Gasteiger partial charge in [0.05, 0.1) is 18.3 Å². The second-order valence-electron chi connectivity index (χ2n) is 5.12. The number of fused-ring (bicyclic) bond motifs is 1. The molecule has 0 unspecified atom stereocenters.